The summed E-state index contributed by atoms with van der Waals surface area (Å²) in [6, 6.07) is 7.24. The van der Waals surface area contributed by atoms with Crippen LogP contribution in [0.25, 0.3) is 33.5 Å². The lowest BCUT2D eigenvalue weighted by molar-refractivity contribution is -0.138. The maximum absolute atomic E-state index is 13.8. The van der Waals surface area contributed by atoms with Crippen LogP contribution in [0.5, 0.6) is 0 Å². The Morgan fingerprint density at radius 2 is 1.80 bits per heavy atom. The zero-order valence-electron chi connectivity index (χ0n) is 22.2. The molecule has 1 atom stereocenters. The van der Waals surface area contributed by atoms with Gasteiger partial charge >= 0.3 is 6.18 Å². The molecule has 0 saturated carbocycles. The van der Waals surface area contributed by atoms with Crippen molar-refractivity contribution in [3.05, 3.63) is 64.3 Å². The van der Waals surface area contributed by atoms with Crippen LogP contribution >= 0.6 is 0 Å². The number of piperazine rings is 1. The van der Waals surface area contributed by atoms with Crippen LogP contribution in [0, 0.1) is 0 Å². The molecular formula is C28H32F3N9O. The molecule has 0 radical (unpaired) electrons. The molecule has 1 aromatic carbocycles. The minimum Gasteiger partial charge on any atom is -0.374 e. The summed E-state index contributed by atoms with van der Waals surface area (Å²) >= 11 is 0. The van der Waals surface area contributed by atoms with E-state index in [1.807, 2.05) is 18.2 Å². The number of hydrogen-bond donors (Lipinski definition) is 3. The zero-order valence-corrected chi connectivity index (χ0v) is 22.2. The van der Waals surface area contributed by atoms with Crippen molar-refractivity contribution in [2.75, 3.05) is 43.4 Å². The monoisotopic (exact) mass is 567 g/mol. The van der Waals surface area contributed by atoms with Gasteiger partial charge in [-0.2, -0.15) is 18.3 Å². The van der Waals surface area contributed by atoms with Gasteiger partial charge in [0.05, 0.1) is 39.5 Å². The van der Waals surface area contributed by atoms with Crippen LogP contribution in [0.2, 0.25) is 0 Å². The van der Waals surface area contributed by atoms with Gasteiger partial charge in [0.15, 0.2) is 0 Å². The largest absolute Gasteiger partial charge is 0.418 e. The van der Waals surface area contributed by atoms with Crippen molar-refractivity contribution >= 4 is 33.4 Å². The zero-order chi connectivity index (χ0) is 28.2. The molecule has 3 N–H and O–H groups in total. The Labute approximate surface area is 234 Å². The van der Waals surface area contributed by atoms with Gasteiger partial charge in [0.1, 0.15) is 16.9 Å². The minimum atomic E-state index is -4.59. The van der Waals surface area contributed by atoms with E-state index in [1.54, 1.807) is 20.2 Å². The van der Waals surface area contributed by atoms with Crippen LogP contribution in [-0.4, -0.2) is 67.8 Å². The lowest BCUT2D eigenvalue weighted by Crippen LogP contribution is -2.44. The highest BCUT2D eigenvalue weighted by Gasteiger charge is 2.35. The highest BCUT2D eigenvalue weighted by Crippen LogP contribution is 2.37. The topological polar surface area (TPSA) is 111 Å². The van der Waals surface area contributed by atoms with Gasteiger partial charge in [0.25, 0.3) is 5.56 Å². The number of imidazole rings is 1. The summed E-state index contributed by atoms with van der Waals surface area (Å²) in [6.07, 6.45) is -1.63. The normalized spacial score (nSPS) is 15.3. The van der Waals surface area contributed by atoms with E-state index in [1.165, 1.54) is 16.9 Å². The first-order valence-electron chi connectivity index (χ1n) is 12.9. The molecule has 13 heteroatoms. The number of fused-ring (bicyclic) bond motifs is 2. The van der Waals surface area contributed by atoms with E-state index in [0.29, 0.717) is 16.6 Å². The Morgan fingerprint density at radius 1 is 1.05 bits per heavy atom. The van der Waals surface area contributed by atoms with Crippen LogP contribution in [0.15, 0.2) is 47.5 Å². The fourth-order valence-corrected chi connectivity index (χ4v) is 5.21. The molecule has 5 aromatic rings. The second-order valence-electron chi connectivity index (χ2n) is 10.1. The van der Waals surface area contributed by atoms with Gasteiger partial charge in [-0.1, -0.05) is 7.43 Å². The van der Waals surface area contributed by atoms with Crippen LogP contribution < -0.4 is 15.8 Å². The van der Waals surface area contributed by atoms with Gasteiger partial charge < -0.3 is 25.1 Å². The summed E-state index contributed by atoms with van der Waals surface area (Å²) in [5.41, 5.74) is 2.22. The van der Waals surface area contributed by atoms with E-state index in [4.69, 9.17) is 0 Å². The predicted molar refractivity (Wildman–Crippen MR) is 154 cm³/mol. The van der Waals surface area contributed by atoms with Crippen LogP contribution in [-0.2, 0) is 13.2 Å². The average molecular weight is 568 g/mol. The molecule has 0 amide bonds. The molecule has 1 aliphatic heterocycles. The molecule has 216 valence electrons. The molecule has 10 nitrogen and oxygen atoms in total. The van der Waals surface area contributed by atoms with Crippen LogP contribution in [0.1, 0.15) is 31.6 Å². The van der Waals surface area contributed by atoms with E-state index < -0.39 is 23.3 Å². The molecule has 5 heterocycles. The SMILES string of the molecule is C.C[C@H](Nc1c(-c2nc3ccc(N4CCN(C)CC4)cc3[nH]2)c(=O)[nH]c2cn(C)nc12)c1ncccc1C(F)(F)F. The number of halogens is 3. The van der Waals surface area contributed by atoms with Gasteiger partial charge in [-0.15, -0.1) is 0 Å². The van der Waals surface area contributed by atoms with Crippen molar-refractivity contribution in [1.29, 1.82) is 0 Å². The Hall–Kier alpha value is -4.39. The maximum Gasteiger partial charge on any atom is 0.418 e. The summed E-state index contributed by atoms with van der Waals surface area (Å²) in [7, 11) is 3.80. The van der Waals surface area contributed by atoms with Gasteiger partial charge in [-0.05, 0) is 44.3 Å². The van der Waals surface area contributed by atoms with E-state index in [0.717, 1.165) is 43.4 Å². The van der Waals surface area contributed by atoms with E-state index in [2.05, 4.69) is 47.2 Å². The number of nitrogens with one attached hydrogen (secondary N) is 3. The Morgan fingerprint density at radius 3 is 2.54 bits per heavy atom. The van der Waals surface area contributed by atoms with Crippen LogP contribution in [0.3, 0.4) is 0 Å². The third-order valence-electron chi connectivity index (χ3n) is 7.28. The summed E-state index contributed by atoms with van der Waals surface area (Å²) < 4.78 is 42.8. The number of hydrogen-bond acceptors (Lipinski definition) is 7. The van der Waals surface area contributed by atoms with Crippen molar-refractivity contribution < 1.29 is 13.2 Å². The molecule has 0 aliphatic carbocycles. The van der Waals surface area contributed by atoms with Gasteiger partial charge in [0.2, 0.25) is 0 Å². The Bertz CT molecular complexity index is 1760. The van der Waals surface area contributed by atoms with Gasteiger partial charge in [-0.3, -0.25) is 14.5 Å². The quantitative estimate of drug-likeness (QED) is 0.280. The highest BCUT2D eigenvalue weighted by molar-refractivity contribution is 5.96. The third-order valence-corrected chi connectivity index (χ3v) is 7.28. The molecule has 0 unspecified atom stereocenters. The first kappa shape index (κ1) is 28.1. The maximum atomic E-state index is 13.8. The molecule has 1 fully saturated rings. The Kier molecular flexibility index (Phi) is 7.24. The van der Waals surface area contributed by atoms with E-state index in [-0.39, 0.29) is 30.2 Å². The fraction of sp³-hybridized carbons (Fsp3) is 0.357. The van der Waals surface area contributed by atoms with Gasteiger partial charge in [-0.25, -0.2) is 4.98 Å². The highest BCUT2D eigenvalue weighted by atomic mass is 19.4. The number of rotatable bonds is 5. The summed E-state index contributed by atoms with van der Waals surface area (Å²) in [6.45, 7) is 5.30. The number of H-pyrrole nitrogens is 2. The number of pyridine rings is 2. The van der Waals surface area contributed by atoms with Crippen molar-refractivity contribution in [3.63, 3.8) is 0 Å². The van der Waals surface area contributed by atoms with Crippen molar-refractivity contribution in [3.8, 4) is 11.4 Å². The second-order valence-corrected chi connectivity index (χ2v) is 10.1. The number of nitrogens with zero attached hydrogens (tertiary/aromatic N) is 6. The van der Waals surface area contributed by atoms with Crippen molar-refractivity contribution in [2.45, 2.75) is 26.6 Å². The summed E-state index contributed by atoms with van der Waals surface area (Å²) in [5, 5.41) is 7.60. The fourth-order valence-electron chi connectivity index (χ4n) is 5.21. The molecule has 0 spiro atoms. The van der Waals surface area contributed by atoms with Crippen molar-refractivity contribution in [1.82, 2.24) is 34.6 Å². The number of likely N-dealkylation sites (N-methyl/N-ethyl adjacent to an activating group) is 1. The molecule has 6 rings (SSSR count). The predicted octanol–water partition coefficient (Wildman–Crippen LogP) is 4.78. The van der Waals surface area contributed by atoms with Crippen LogP contribution in [0.4, 0.5) is 24.5 Å². The minimum absolute atomic E-state index is 0. The lowest BCUT2D eigenvalue weighted by Gasteiger charge is -2.34. The second kappa shape index (κ2) is 10.5. The van der Waals surface area contributed by atoms with E-state index >= 15 is 0 Å². The Balaban J connectivity index is 0.00000337. The molecular weight excluding hydrogens is 535 g/mol. The number of aromatic nitrogens is 6. The molecule has 0 bridgehead atoms. The first-order valence-corrected chi connectivity index (χ1v) is 12.9. The van der Waals surface area contributed by atoms with Gasteiger partial charge in [0, 0.05) is 51.3 Å². The smallest absolute Gasteiger partial charge is 0.374 e. The van der Waals surface area contributed by atoms with E-state index in [9.17, 15) is 18.0 Å². The third kappa shape index (κ3) is 5.24. The number of alkyl halides is 3. The number of anilines is 2. The number of benzene rings is 1. The molecule has 1 saturated heterocycles. The average Bonchev–Trinajstić information content (AvgIpc) is 3.50. The number of aromatic amines is 2. The summed E-state index contributed by atoms with van der Waals surface area (Å²) in [5.74, 6) is 0.283. The first-order chi connectivity index (χ1) is 19.1. The number of aryl methyl sites for hydroxylation is 1. The molecule has 1 aliphatic rings. The standard InChI is InChI=1S/C27H28F3N9O.CH4/c1-15(22-17(27(28,29)30)5-4-8-31-22)32-24-21(26(40)35-20-14-38(3)36-23(20)24)25-33-18-7-6-16(13-19(18)34-25)39-11-9-37(2)10-12-39;/h4-8,13-15,32H,9-12H2,1-3H3,(H,33,34)(H,35,40);1H4/t15-;/m0./s1. The van der Waals surface area contributed by atoms with Crippen molar-refractivity contribution in [2.24, 2.45) is 7.05 Å². The molecule has 41 heavy (non-hydrogen) atoms. The lowest BCUT2D eigenvalue weighted by atomic mass is 10.1. The summed E-state index contributed by atoms with van der Waals surface area (Å²) in [4.78, 5) is 32.8. The molecule has 4 aromatic heterocycles.